The summed E-state index contributed by atoms with van der Waals surface area (Å²) in [4.78, 5) is 13.3. The van der Waals surface area contributed by atoms with Crippen LogP contribution in [0.2, 0.25) is 0 Å². The molecule has 1 aromatic heterocycles. The summed E-state index contributed by atoms with van der Waals surface area (Å²) >= 11 is 1.24. The molecule has 1 aromatic rings. The summed E-state index contributed by atoms with van der Waals surface area (Å²) in [5.41, 5.74) is 0. The topological polar surface area (TPSA) is 66.5 Å². The molecule has 0 spiro atoms. The van der Waals surface area contributed by atoms with Gasteiger partial charge in [-0.25, -0.2) is 8.42 Å². The highest BCUT2D eigenvalue weighted by atomic mass is 32.2. The second-order valence-corrected chi connectivity index (χ2v) is 11.9. The van der Waals surface area contributed by atoms with Gasteiger partial charge in [0.05, 0.1) is 6.42 Å². The predicted octanol–water partition coefficient (Wildman–Crippen LogP) is 3.41. The average molecular weight is 411 g/mol. The fraction of sp³-hybridized carbons (Fsp3) is 0.750. The molecule has 4 atom stereocenters. The Bertz CT molecular complexity index is 783. The standard InChI is InChI=1S/C20H30N2O3S2/c1-14(18-12-15-5-6-16(18)11-15)21-19(23)13-17-7-8-20(26-17)27(24,25)22-9-3-2-4-10-22/h7-8,14-16,18H,2-6,9-13H2,1H3,(H,21,23). The van der Waals surface area contributed by atoms with Crippen LogP contribution in [0.25, 0.3) is 0 Å². The molecule has 4 rings (SSSR count). The van der Waals surface area contributed by atoms with E-state index in [4.69, 9.17) is 0 Å². The Hall–Kier alpha value is -0.920. The van der Waals surface area contributed by atoms with Crippen LogP contribution in [0.4, 0.5) is 0 Å². The second kappa shape index (κ2) is 7.84. The van der Waals surface area contributed by atoms with E-state index in [1.165, 1.54) is 37.0 Å². The van der Waals surface area contributed by atoms with Crippen LogP contribution >= 0.6 is 11.3 Å². The van der Waals surface area contributed by atoms with E-state index in [-0.39, 0.29) is 18.4 Å². The maximum atomic E-state index is 12.7. The lowest BCUT2D eigenvalue weighted by Crippen LogP contribution is -2.40. The lowest BCUT2D eigenvalue weighted by Gasteiger charge is -2.28. The van der Waals surface area contributed by atoms with Crippen LogP contribution in [0.5, 0.6) is 0 Å². The monoisotopic (exact) mass is 410 g/mol. The Morgan fingerprint density at radius 1 is 1.22 bits per heavy atom. The number of sulfonamides is 1. The molecular weight excluding hydrogens is 380 g/mol. The van der Waals surface area contributed by atoms with Crippen molar-refractivity contribution >= 4 is 27.3 Å². The van der Waals surface area contributed by atoms with Gasteiger partial charge in [0.15, 0.2) is 0 Å². The molecule has 3 aliphatic rings. The number of piperidine rings is 1. The third-order valence-corrected chi connectivity index (χ3v) is 10.2. The molecule has 5 nitrogen and oxygen atoms in total. The van der Waals surface area contributed by atoms with Gasteiger partial charge < -0.3 is 5.32 Å². The highest BCUT2D eigenvalue weighted by molar-refractivity contribution is 7.91. The van der Waals surface area contributed by atoms with E-state index in [1.807, 2.05) is 0 Å². The Morgan fingerprint density at radius 3 is 2.67 bits per heavy atom. The lowest BCUT2D eigenvalue weighted by molar-refractivity contribution is -0.121. The van der Waals surface area contributed by atoms with Crippen molar-refractivity contribution in [2.24, 2.45) is 17.8 Å². The smallest absolute Gasteiger partial charge is 0.252 e. The third-order valence-electron chi connectivity index (χ3n) is 6.70. The van der Waals surface area contributed by atoms with E-state index >= 15 is 0 Å². The van der Waals surface area contributed by atoms with E-state index in [1.54, 1.807) is 16.4 Å². The molecule has 1 amide bonds. The predicted molar refractivity (Wildman–Crippen MR) is 107 cm³/mol. The van der Waals surface area contributed by atoms with Gasteiger partial charge in [-0.1, -0.05) is 12.8 Å². The van der Waals surface area contributed by atoms with Crippen LogP contribution in [0.15, 0.2) is 16.3 Å². The summed E-state index contributed by atoms with van der Waals surface area (Å²) in [6.45, 7) is 3.35. The summed E-state index contributed by atoms with van der Waals surface area (Å²) in [6, 6.07) is 3.67. The van der Waals surface area contributed by atoms with Crippen LogP contribution in [-0.4, -0.2) is 37.8 Å². The van der Waals surface area contributed by atoms with Crippen LogP contribution in [-0.2, 0) is 21.2 Å². The average Bonchev–Trinajstić information content (AvgIpc) is 3.39. The third kappa shape index (κ3) is 4.10. The van der Waals surface area contributed by atoms with Crippen LogP contribution in [0.3, 0.4) is 0 Å². The largest absolute Gasteiger partial charge is 0.353 e. The van der Waals surface area contributed by atoms with Gasteiger partial charge in [0.1, 0.15) is 4.21 Å². The van der Waals surface area contributed by atoms with Crippen molar-refractivity contribution in [1.82, 2.24) is 9.62 Å². The number of hydrogen-bond acceptors (Lipinski definition) is 4. The Morgan fingerprint density at radius 2 is 2.00 bits per heavy atom. The molecule has 0 radical (unpaired) electrons. The molecule has 4 unspecified atom stereocenters. The van der Waals surface area contributed by atoms with Crippen molar-refractivity contribution < 1.29 is 13.2 Å². The van der Waals surface area contributed by atoms with Crippen molar-refractivity contribution in [3.05, 3.63) is 17.0 Å². The van der Waals surface area contributed by atoms with E-state index in [2.05, 4.69) is 12.2 Å². The number of amides is 1. The molecule has 150 valence electrons. The Labute approximate surface area is 166 Å². The summed E-state index contributed by atoms with van der Waals surface area (Å²) < 4.78 is 27.4. The first-order chi connectivity index (χ1) is 12.9. The number of carbonyl (C=O) groups excluding carboxylic acids is 1. The van der Waals surface area contributed by atoms with Crippen molar-refractivity contribution in [1.29, 1.82) is 0 Å². The van der Waals surface area contributed by atoms with Crippen molar-refractivity contribution in [2.75, 3.05) is 13.1 Å². The number of hydrogen-bond donors (Lipinski definition) is 1. The zero-order valence-corrected chi connectivity index (χ0v) is 17.7. The number of nitrogens with zero attached hydrogens (tertiary/aromatic N) is 1. The fourth-order valence-corrected chi connectivity index (χ4v) is 8.33. The minimum absolute atomic E-state index is 0.00837. The molecule has 2 saturated carbocycles. The van der Waals surface area contributed by atoms with Gasteiger partial charge in [-0.2, -0.15) is 4.31 Å². The van der Waals surface area contributed by atoms with Gasteiger partial charge in [-0.3, -0.25) is 4.79 Å². The van der Waals surface area contributed by atoms with Crippen LogP contribution in [0.1, 0.15) is 56.7 Å². The van der Waals surface area contributed by atoms with Gasteiger partial charge in [0, 0.05) is 24.0 Å². The van der Waals surface area contributed by atoms with Crippen LogP contribution in [0, 0.1) is 17.8 Å². The molecule has 7 heteroatoms. The highest BCUT2D eigenvalue weighted by Gasteiger charge is 2.42. The first kappa shape index (κ1) is 19.4. The Kier molecular flexibility index (Phi) is 5.63. The van der Waals surface area contributed by atoms with E-state index in [0.29, 0.717) is 23.2 Å². The second-order valence-electron chi connectivity index (χ2n) is 8.56. The lowest BCUT2D eigenvalue weighted by atomic mass is 9.84. The van der Waals surface area contributed by atoms with Gasteiger partial charge in [-0.05, 0) is 68.9 Å². The molecule has 0 aromatic carbocycles. The first-order valence-electron chi connectivity index (χ1n) is 10.3. The van der Waals surface area contributed by atoms with Crippen LogP contribution < -0.4 is 5.32 Å². The summed E-state index contributed by atoms with van der Waals surface area (Å²) in [7, 11) is -3.40. The number of rotatable bonds is 6. The SMILES string of the molecule is CC(NC(=O)Cc1ccc(S(=O)(=O)N2CCCCC2)s1)C1CC2CCC1C2. The Balaban J connectivity index is 1.34. The fourth-order valence-electron chi connectivity index (χ4n) is 5.30. The maximum Gasteiger partial charge on any atom is 0.252 e. The van der Waals surface area contributed by atoms with E-state index in [0.717, 1.165) is 36.0 Å². The minimum atomic E-state index is -3.40. The minimum Gasteiger partial charge on any atom is -0.353 e. The number of carbonyl (C=O) groups is 1. The molecule has 1 N–H and O–H groups in total. The van der Waals surface area contributed by atoms with E-state index < -0.39 is 10.0 Å². The molecule has 2 aliphatic carbocycles. The number of fused-ring (bicyclic) bond motifs is 2. The molecule has 2 bridgehead atoms. The van der Waals surface area contributed by atoms with Gasteiger partial charge in [0.2, 0.25) is 5.91 Å². The summed E-state index contributed by atoms with van der Waals surface area (Å²) in [5, 5.41) is 3.17. The highest BCUT2D eigenvalue weighted by Crippen LogP contribution is 2.49. The van der Waals surface area contributed by atoms with Crippen molar-refractivity contribution in [3.63, 3.8) is 0 Å². The summed E-state index contributed by atoms with van der Waals surface area (Å²) in [5.74, 6) is 2.28. The molecule has 2 heterocycles. The first-order valence-corrected chi connectivity index (χ1v) is 12.6. The van der Waals surface area contributed by atoms with Gasteiger partial charge >= 0.3 is 0 Å². The van der Waals surface area contributed by atoms with Crippen molar-refractivity contribution in [2.45, 2.75) is 68.5 Å². The van der Waals surface area contributed by atoms with E-state index in [9.17, 15) is 13.2 Å². The zero-order valence-electron chi connectivity index (χ0n) is 16.0. The quantitative estimate of drug-likeness (QED) is 0.782. The normalized spacial score (nSPS) is 29.7. The summed E-state index contributed by atoms with van der Waals surface area (Å²) in [6.07, 6.45) is 8.51. The van der Waals surface area contributed by atoms with Crippen molar-refractivity contribution in [3.8, 4) is 0 Å². The number of nitrogens with one attached hydrogen (secondary N) is 1. The molecular formula is C20H30N2O3S2. The van der Waals surface area contributed by atoms with Gasteiger partial charge in [0.25, 0.3) is 10.0 Å². The maximum absolute atomic E-state index is 12.7. The zero-order chi connectivity index (χ0) is 19.0. The molecule has 3 fully saturated rings. The molecule has 1 aliphatic heterocycles. The molecule has 1 saturated heterocycles. The number of thiophene rings is 1. The van der Waals surface area contributed by atoms with Gasteiger partial charge in [-0.15, -0.1) is 11.3 Å². The molecule has 27 heavy (non-hydrogen) atoms.